The van der Waals surface area contributed by atoms with Gasteiger partial charge in [0.25, 0.3) is 0 Å². The van der Waals surface area contributed by atoms with E-state index in [4.69, 9.17) is 5.73 Å². The lowest BCUT2D eigenvalue weighted by Gasteiger charge is -2.32. The molecule has 3 N–H and O–H groups in total. The fourth-order valence-corrected chi connectivity index (χ4v) is 2.93. The number of likely N-dealkylation sites (tertiary alicyclic amines) is 1. The third-order valence-electron chi connectivity index (χ3n) is 4.28. The Labute approximate surface area is 126 Å². The largest absolute Gasteiger partial charge is 0.399 e. The highest BCUT2D eigenvalue weighted by Crippen LogP contribution is 2.29. The summed E-state index contributed by atoms with van der Waals surface area (Å²) >= 11 is 0. The van der Waals surface area contributed by atoms with Crippen LogP contribution in [0, 0.1) is 0 Å². The molecule has 0 atom stereocenters. The Kier molecular flexibility index (Phi) is 4.25. The van der Waals surface area contributed by atoms with Crippen molar-refractivity contribution in [3.63, 3.8) is 0 Å². The summed E-state index contributed by atoms with van der Waals surface area (Å²) < 4.78 is 0. The second-order valence-corrected chi connectivity index (χ2v) is 6.05. The number of amides is 1. The molecule has 1 saturated heterocycles. The first kappa shape index (κ1) is 14.1. The summed E-state index contributed by atoms with van der Waals surface area (Å²) in [6.07, 6.45) is 8.26. The third-order valence-corrected chi connectivity index (χ3v) is 4.28. The molecule has 2 fully saturated rings. The average Bonchev–Trinajstić information content (AvgIpc) is 3.31. The quantitative estimate of drug-likeness (QED) is 0.657. The summed E-state index contributed by atoms with van der Waals surface area (Å²) in [6.45, 7) is 2.24. The molecule has 21 heavy (non-hydrogen) atoms. The molecule has 1 aliphatic carbocycles. The molecule has 1 aromatic carbocycles. The lowest BCUT2D eigenvalue weighted by atomic mass is 10.0. The Bertz CT molecular complexity index is 529. The van der Waals surface area contributed by atoms with Gasteiger partial charge < -0.3 is 16.0 Å². The van der Waals surface area contributed by atoms with Gasteiger partial charge in [-0.1, -0.05) is 12.1 Å². The third kappa shape index (κ3) is 4.08. The summed E-state index contributed by atoms with van der Waals surface area (Å²) in [6, 6.07) is 8.68. The van der Waals surface area contributed by atoms with Crippen LogP contribution in [0.1, 0.15) is 31.2 Å². The van der Waals surface area contributed by atoms with Gasteiger partial charge in [0.05, 0.1) is 0 Å². The van der Waals surface area contributed by atoms with Gasteiger partial charge in [0.2, 0.25) is 5.91 Å². The van der Waals surface area contributed by atoms with E-state index < -0.39 is 0 Å². The van der Waals surface area contributed by atoms with E-state index in [2.05, 4.69) is 10.2 Å². The van der Waals surface area contributed by atoms with Gasteiger partial charge in [0.15, 0.2) is 0 Å². The number of rotatable bonds is 4. The predicted molar refractivity (Wildman–Crippen MR) is 85.6 cm³/mol. The van der Waals surface area contributed by atoms with Crippen molar-refractivity contribution in [2.75, 3.05) is 18.8 Å². The van der Waals surface area contributed by atoms with Crippen LogP contribution < -0.4 is 11.1 Å². The van der Waals surface area contributed by atoms with Crippen LogP contribution in [0.4, 0.5) is 5.69 Å². The number of hydrogen-bond acceptors (Lipinski definition) is 3. The van der Waals surface area contributed by atoms with Crippen molar-refractivity contribution in [3.8, 4) is 0 Å². The Hall–Kier alpha value is -1.81. The smallest absolute Gasteiger partial charge is 0.244 e. The number of carbonyl (C=O) groups excluding carboxylic acids is 1. The topological polar surface area (TPSA) is 58.4 Å². The lowest BCUT2D eigenvalue weighted by molar-refractivity contribution is -0.117. The molecular formula is C17H23N3O. The molecule has 1 aromatic rings. The number of hydrogen-bond donors (Lipinski definition) is 2. The molecule has 0 unspecified atom stereocenters. The number of anilines is 1. The van der Waals surface area contributed by atoms with Crippen molar-refractivity contribution in [3.05, 3.63) is 35.9 Å². The van der Waals surface area contributed by atoms with Crippen LogP contribution in [0.3, 0.4) is 0 Å². The summed E-state index contributed by atoms with van der Waals surface area (Å²) in [4.78, 5) is 14.5. The Morgan fingerprint density at radius 3 is 2.67 bits per heavy atom. The maximum atomic E-state index is 12.0. The van der Waals surface area contributed by atoms with Crippen molar-refractivity contribution in [1.29, 1.82) is 0 Å². The Morgan fingerprint density at radius 2 is 2.00 bits per heavy atom. The molecule has 1 aliphatic heterocycles. The van der Waals surface area contributed by atoms with Crippen LogP contribution in [0.2, 0.25) is 0 Å². The van der Waals surface area contributed by atoms with Crippen molar-refractivity contribution in [2.45, 2.75) is 37.8 Å². The zero-order valence-corrected chi connectivity index (χ0v) is 12.3. The molecule has 0 aromatic heterocycles. The predicted octanol–water partition coefficient (Wildman–Crippen LogP) is 2.02. The maximum absolute atomic E-state index is 12.0. The molecule has 4 heteroatoms. The number of benzene rings is 1. The molecule has 4 nitrogen and oxygen atoms in total. The van der Waals surface area contributed by atoms with E-state index in [1.165, 1.54) is 12.8 Å². The summed E-state index contributed by atoms with van der Waals surface area (Å²) in [5.41, 5.74) is 7.38. The van der Waals surface area contributed by atoms with Crippen molar-refractivity contribution in [1.82, 2.24) is 10.2 Å². The van der Waals surface area contributed by atoms with Crippen molar-refractivity contribution < 1.29 is 4.79 Å². The minimum absolute atomic E-state index is 0.0118. The van der Waals surface area contributed by atoms with Crippen LogP contribution in [0.25, 0.3) is 6.08 Å². The fourth-order valence-electron chi connectivity index (χ4n) is 2.93. The van der Waals surface area contributed by atoms with Gasteiger partial charge in [0.1, 0.15) is 0 Å². The molecule has 1 heterocycles. The first-order chi connectivity index (χ1) is 10.2. The number of nitrogens with two attached hydrogens (primary N) is 1. The average molecular weight is 285 g/mol. The summed E-state index contributed by atoms with van der Waals surface area (Å²) in [5, 5.41) is 3.10. The number of piperidine rings is 1. The highest BCUT2D eigenvalue weighted by atomic mass is 16.1. The highest BCUT2D eigenvalue weighted by molar-refractivity contribution is 5.92. The van der Waals surface area contributed by atoms with Gasteiger partial charge in [-0.15, -0.1) is 0 Å². The number of nitrogen functional groups attached to an aromatic ring is 1. The highest BCUT2D eigenvalue weighted by Gasteiger charge is 2.31. The second kappa shape index (κ2) is 6.31. The molecule has 0 radical (unpaired) electrons. The zero-order valence-electron chi connectivity index (χ0n) is 12.3. The molecule has 0 bridgehead atoms. The van der Waals surface area contributed by atoms with Crippen LogP contribution in [0.5, 0.6) is 0 Å². The fraction of sp³-hybridized carbons (Fsp3) is 0.471. The van der Waals surface area contributed by atoms with Crippen LogP contribution >= 0.6 is 0 Å². The van der Waals surface area contributed by atoms with E-state index >= 15 is 0 Å². The first-order valence-corrected chi connectivity index (χ1v) is 7.79. The van der Waals surface area contributed by atoms with Gasteiger partial charge in [-0.05, 0) is 49.5 Å². The Balaban J connectivity index is 1.45. The number of carbonyl (C=O) groups is 1. The molecule has 1 amide bonds. The van der Waals surface area contributed by atoms with E-state index in [0.29, 0.717) is 11.7 Å². The van der Waals surface area contributed by atoms with Gasteiger partial charge in [-0.25, -0.2) is 0 Å². The van der Waals surface area contributed by atoms with Crippen LogP contribution in [-0.4, -0.2) is 36.0 Å². The monoisotopic (exact) mass is 285 g/mol. The SMILES string of the molecule is Nc1cccc(/C=C/C(=O)NC2CCN(C3CC3)CC2)c1. The van der Waals surface area contributed by atoms with E-state index in [1.54, 1.807) is 6.08 Å². The normalized spacial score (nSPS) is 20.8. The van der Waals surface area contributed by atoms with Crippen molar-refractivity contribution in [2.24, 2.45) is 0 Å². The van der Waals surface area contributed by atoms with Crippen LogP contribution in [-0.2, 0) is 4.79 Å². The van der Waals surface area contributed by atoms with Crippen LogP contribution in [0.15, 0.2) is 30.3 Å². The van der Waals surface area contributed by atoms with E-state index in [0.717, 1.165) is 37.5 Å². The molecule has 0 spiro atoms. The molecule has 2 aliphatic rings. The number of nitrogens with one attached hydrogen (secondary N) is 1. The summed E-state index contributed by atoms with van der Waals surface area (Å²) in [5.74, 6) is -0.0118. The minimum atomic E-state index is -0.0118. The summed E-state index contributed by atoms with van der Waals surface area (Å²) in [7, 11) is 0. The van der Waals surface area contributed by atoms with Gasteiger partial charge in [-0.2, -0.15) is 0 Å². The van der Waals surface area contributed by atoms with Gasteiger partial charge in [0, 0.05) is 36.9 Å². The maximum Gasteiger partial charge on any atom is 0.244 e. The minimum Gasteiger partial charge on any atom is -0.399 e. The lowest BCUT2D eigenvalue weighted by Crippen LogP contribution is -2.44. The van der Waals surface area contributed by atoms with Gasteiger partial charge in [-0.3, -0.25) is 4.79 Å². The van der Waals surface area contributed by atoms with Crippen molar-refractivity contribution >= 4 is 17.7 Å². The second-order valence-electron chi connectivity index (χ2n) is 6.05. The molecular weight excluding hydrogens is 262 g/mol. The zero-order chi connectivity index (χ0) is 14.7. The molecule has 1 saturated carbocycles. The van der Waals surface area contributed by atoms with E-state index in [-0.39, 0.29) is 5.91 Å². The first-order valence-electron chi connectivity index (χ1n) is 7.79. The Morgan fingerprint density at radius 1 is 1.24 bits per heavy atom. The van der Waals surface area contributed by atoms with E-state index in [1.807, 2.05) is 30.3 Å². The number of nitrogens with zero attached hydrogens (tertiary/aromatic N) is 1. The molecule has 112 valence electrons. The standard InChI is InChI=1S/C17H23N3O/c18-14-3-1-2-13(12-14)4-7-17(21)19-15-8-10-20(11-9-15)16-5-6-16/h1-4,7,12,15-16H,5-6,8-11,18H2,(H,19,21)/b7-4+. The van der Waals surface area contributed by atoms with Gasteiger partial charge >= 0.3 is 0 Å². The molecule has 3 rings (SSSR count). The van der Waals surface area contributed by atoms with E-state index in [9.17, 15) is 4.79 Å².